The van der Waals surface area contributed by atoms with Crippen LogP contribution in [0.1, 0.15) is 27.6 Å². The highest BCUT2D eigenvalue weighted by Gasteiger charge is 2.27. The molecule has 0 saturated carbocycles. The number of anilines is 1. The molecule has 1 aliphatic carbocycles. The van der Waals surface area contributed by atoms with Crippen LogP contribution in [-0.4, -0.2) is 18.0 Å². The normalized spacial score (nSPS) is 17.0. The van der Waals surface area contributed by atoms with Gasteiger partial charge >= 0.3 is 0 Å². The van der Waals surface area contributed by atoms with Crippen LogP contribution < -0.4 is 10.1 Å². The number of aromatic nitrogens is 1. The smallest absolute Gasteiger partial charge is 0.227 e. The van der Waals surface area contributed by atoms with Gasteiger partial charge in [0.05, 0.1) is 23.5 Å². The van der Waals surface area contributed by atoms with Gasteiger partial charge in [0.1, 0.15) is 5.75 Å². The van der Waals surface area contributed by atoms with Crippen molar-refractivity contribution >= 4 is 22.9 Å². The topological polar surface area (TPSA) is 51.2 Å². The number of nitrogens with one attached hydrogen (secondary N) is 1. The van der Waals surface area contributed by atoms with E-state index < -0.39 is 0 Å². The van der Waals surface area contributed by atoms with E-state index >= 15 is 0 Å². The third-order valence-corrected chi connectivity index (χ3v) is 5.07. The molecule has 0 fully saturated rings. The van der Waals surface area contributed by atoms with Gasteiger partial charge in [0, 0.05) is 10.8 Å². The molecule has 1 atom stereocenters. The molecule has 1 aromatic heterocycles. The van der Waals surface area contributed by atoms with Crippen molar-refractivity contribution < 1.29 is 9.53 Å². The fourth-order valence-corrected chi connectivity index (χ4v) is 3.94. The van der Waals surface area contributed by atoms with Gasteiger partial charge in [-0.3, -0.25) is 4.79 Å². The maximum atomic E-state index is 12.6. The lowest BCUT2D eigenvalue weighted by atomic mass is 9.90. The number of amides is 1. The quantitative estimate of drug-likeness (QED) is 0.942. The predicted octanol–water partition coefficient (Wildman–Crippen LogP) is 3.51. The van der Waals surface area contributed by atoms with E-state index in [1.165, 1.54) is 10.6 Å². The first-order valence-electron chi connectivity index (χ1n) is 7.47. The van der Waals surface area contributed by atoms with E-state index in [1.54, 1.807) is 18.4 Å². The van der Waals surface area contributed by atoms with Gasteiger partial charge in [0.2, 0.25) is 5.91 Å². The molecule has 0 spiro atoms. The number of hydrogen-bond acceptors (Lipinski definition) is 4. The summed E-state index contributed by atoms with van der Waals surface area (Å²) in [5, 5.41) is 4.12. The molecule has 22 heavy (non-hydrogen) atoms. The first-order chi connectivity index (χ1) is 10.6. The lowest BCUT2D eigenvalue weighted by Gasteiger charge is -2.21. The summed E-state index contributed by atoms with van der Waals surface area (Å²) >= 11 is 1.71. The van der Waals surface area contributed by atoms with Gasteiger partial charge in [-0.25, -0.2) is 4.98 Å². The van der Waals surface area contributed by atoms with Crippen molar-refractivity contribution in [1.82, 2.24) is 4.98 Å². The van der Waals surface area contributed by atoms with Crippen molar-refractivity contribution in [2.75, 3.05) is 12.4 Å². The van der Waals surface area contributed by atoms with Gasteiger partial charge in [-0.1, -0.05) is 6.07 Å². The molecule has 0 saturated heterocycles. The highest BCUT2D eigenvalue weighted by atomic mass is 32.1. The maximum Gasteiger partial charge on any atom is 0.227 e. The third kappa shape index (κ3) is 2.99. The molecule has 0 bridgehead atoms. The SMILES string of the molecule is COc1ccc(C)cc1NC(=O)C1CCc2nc(C)sc2C1. The summed E-state index contributed by atoms with van der Waals surface area (Å²) in [6.07, 6.45) is 2.54. The van der Waals surface area contributed by atoms with Gasteiger partial charge in [0.15, 0.2) is 0 Å². The molecule has 1 unspecified atom stereocenters. The minimum Gasteiger partial charge on any atom is -0.495 e. The van der Waals surface area contributed by atoms with Crippen LogP contribution >= 0.6 is 11.3 Å². The number of methoxy groups -OCH3 is 1. The van der Waals surface area contributed by atoms with Crippen molar-refractivity contribution in [2.24, 2.45) is 5.92 Å². The van der Waals surface area contributed by atoms with Crippen LogP contribution in [0.2, 0.25) is 0 Å². The largest absolute Gasteiger partial charge is 0.495 e. The number of benzene rings is 1. The van der Waals surface area contributed by atoms with Crippen molar-refractivity contribution in [3.63, 3.8) is 0 Å². The number of carbonyl (C=O) groups is 1. The molecule has 1 aromatic carbocycles. The summed E-state index contributed by atoms with van der Waals surface area (Å²) in [6.45, 7) is 4.03. The number of aryl methyl sites for hydroxylation is 3. The molecule has 1 N–H and O–H groups in total. The Hall–Kier alpha value is -1.88. The fourth-order valence-electron chi connectivity index (χ4n) is 2.88. The van der Waals surface area contributed by atoms with Gasteiger partial charge in [-0.05, 0) is 50.8 Å². The third-order valence-electron chi connectivity index (χ3n) is 4.03. The van der Waals surface area contributed by atoms with Crippen LogP contribution in [0, 0.1) is 19.8 Å². The lowest BCUT2D eigenvalue weighted by molar-refractivity contribution is -0.120. The lowest BCUT2D eigenvalue weighted by Crippen LogP contribution is -2.27. The van der Waals surface area contributed by atoms with Crippen LogP contribution in [0.4, 0.5) is 5.69 Å². The first kappa shape index (κ1) is 15.0. The Kier molecular flexibility index (Phi) is 4.16. The zero-order valence-electron chi connectivity index (χ0n) is 13.1. The molecule has 2 aromatic rings. The zero-order chi connectivity index (χ0) is 15.7. The highest BCUT2D eigenvalue weighted by molar-refractivity contribution is 7.11. The summed E-state index contributed by atoms with van der Waals surface area (Å²) in [5.41, 5.74) is 3.03. The number of hydrogen-bond donors (Lipinski definition) is 1. The Morgan fingerprint density at radius 1 is 1.41 bits per heavy atom. The van der Waals surface area contributed by atoms with Gasteiger partial charge < -0.3 is 10.1 Å². The van der Waals surface area contributed by atoms with Crippen molar-refractivity contribution in [3.8, 4) is 5.75 Å². The van der Waals surface area contributed by atoms with Crippen LogP contribution in [0.25, 0.3) is 0 Å². The van der Waals surface area contributed by atoms with E-state index in [0.717, 1.165) is 35.5 Å². The van der Waals surface area contributed by atoms with Crippen molar-refractivity contribution in [3.05, 3.63) is 39.3 Å². The Balaban J connectivity index is 1.74. The minimum absolute atomic E-state index is 0.0116. The molecule has 3 rings (SSSR count). The zero-order valence-corrected chi connectivity index (χ0v) is 13.9. The first-order valence-corrected chi connectivity index (χ1v) is 8.29. The van der Waals surface area contributed by atoms with Crippen LogP contribution in [0.3, 0.4) is 0 Å². The highest BCUT2D eigenvalue weighted by Crippen LogP contribution is 2.31. The molecule has 5 heteroatoms. The number of carbonyl (C=O) groups excluding carboxylic acids is 1. The van der Waals surface area contributed by atoms with Gasteiger partial charge in [0.25, 0.3) is 0 Å². The summed E-state index contributed by atoms with van der Waals surface area (Å²) < 4.78 is 5.33. The average Bonchev–Trinajstić information content (AvgIpc) is 2.86. The average molecular weight is 316 g/mol. The monoisotopic (exact) mass is 316 g/mol. The Morgan fingerprint density at radius 2 is 2.23 bits per heavy atom. The molecule has 0 aliphatic heterocycles. The van der Waals surface area contributed by atoms with Crippen LogP contribution in [0.5, 0.6) is 5.75 Å². The molecule has 1 heterocycles. The van der Waals surface area contributed by atoms with Gasteiger partial charge in [-0.2, -0.15) is 0 Å². The van der Waals surface area contributed by atoms with E-state index in [9.17, 15) is 4.79 Å². The number of fused-ring (bicyclic) bond motifs is 1. The summed E-state index contributed by atoms with van der Waals surface area (Å²) in [4.78, 5) is 18.4. The standard InChI is InChI=1S/C17H20N2O2S/c1-10-4-7-15(21-3)14(8-10)19-17(20)12-5-6-13-16(9-12)22-11(2)18-13/h4,7-8,12H,5-6,9H2,1-3H3,(H,19,20). The maximum absolute atomic E-state index is 12.6. The van der Waals surface area contributed by atoms with E-state index in [-0.39, 0.29) is 11.8 Å². The second kappa shape index (κ2) is 6.08. The number of rotatable bonds is 3. The molecule has 4 nitrogen and oxygen atoms in total. The van der Waals surface area contributed by atoms with Crippen LogP contribution in [0.15, 0.2) is 18.2 Å². The summed E-state index contributed by atoms with van der Waals surface area (Å²) in [7, 11) is 1.62. The number of ether oxygens (including phenoxy) is 1. The van der Waals surface area contributed by atoms with Crippen molar-refractivity contribution in [1.29, 1.82) is 0 Å². The molecule has 0 radical (unpaired) electrons. The summed E-state index contributed by atoms with van der Waals surface area (Å²) in [5.74, 6) is 0.780. The Bertz CT molecular complexity index is 709. The molecular weight excluding hydrogens is 296 g/mol. The van der Waals surface area contributed by atoms with E-state index in [2.05, 4.69) is 10.3 Å². The molecular formula is C17H20N2O2S. The number of thiazole rings is 1. The minimum atomic E-state index is 0.0116. The molecule has 116 valence electrons. The predicted molar refractivity (Wildman–Crippen MR) is 88.7 cm³/mol. The van der Waals surface area contributed by atoms with Crippen LogP contribution in [-0.2, 0) is 17.6 Å². The summed E-state index contributed by atoms with van der Waals surface area (Å²) in [6, 6.07) is 5.81. The Labute approximate surface area is 134 Å². The second-order valence-corrected chi connectivity index (χ2v) is 7.02. The van der Waals surface area contributed by atoms with Crippen molar-refractivity contribution in [2.45, 2.75) is 33.1 Å². The van der Waals surface area contributed by atoms with E-state index in [4.69, 9.17) is 4.74 Å². The van der Waals surface area contributed by atoms with E-state index in [0.29, 0.717) is 5.75 Å². The second-order valence-electron chi connectivity index (χ2n) is 5.74. The van der Waals surface area contributed by atoms with E-state index in [1.807, 2.05) is 32.0 Å². The fraction of sp³-hybridized carbons (Fsp3) is 0.412. The van der Waals surface area contributed by atoms with Gasteiger partial charge in [-0.15, -0.1) is 11.3 Å². The molecule has 1 amide bonds. The molecule has 1 aliphatic rings. The Morgan fingerprint density at radius 3 is 3.00 bits per heavy atom. The number of nitrogens with zero attached hydrogens (tertiary/aromatic N) is 1.